The molecular formula is C10H18O3. The quantitative estimate of drug-likeness (QED) is 0.429. The molecular weight excluding hydrogens is 168 g/mol. The topological polar surface area (TPSA) is 27.7 Å². The van der Waals surface area contributed by atoms with Crippen LogP contribution in [0.1, 0.15) is 13.8 Å². The van der Waals surface area contributed by atoms with E-state index in [1.54, 1.807) is 12.5 Å². The predicted molar refractivity (Wildman–Crippen MR) is 52.4 cm³/mol. The summed E-state index contributed by atoms with van der Waals surface area (Å²) in [5.41, 5.74) is 0. The largest absolute Gasteiger partial charge is 0.473 e. The van der Waals surface area contributed by atoms with Crippen LogP contribution in [0.3, 0.4) is 0 Å². The second-order valence-corrected chi connectivity index (χ2v) is 2.20. The van der Waals surface area contributed by atoms with Crippen LogP contribution in [0.25, 0.3) is 0 Å². The normalized spacial score (nSPS) is 11.5. The van der Waals surface area contributed by atoms with E-state index >= 15 is 0 Å². The molecule has 0 N–H and O–H groups in total. The van der Waals surface area contributed by atoms with Gasteiger partial charge in [-0.15, -0.1) is 0 Å². The first-order valence-corrected chi connectivity index (χ1v) is 4.52. The molecule has 0 bridgehead atoms. The molecule has 3 nitrogen and oxygen atoms in total. The van der Waals surface area contributed by atoms with Gasteiger partial charge in [-0.3, -0.25) is 0 Å². The number of hydrogen-bond donors (Lipinski definition) is 0. The van der Waals surface area contributed by atoms with Crippen LogP contribution in [-0.2, 0) is 14.2 Å². The van der Waals surface area contributed by atoms with Crippen molar-refractivity contribution >= 4 is 0 Å². The molecule has 0 amide bonds. The van der Waals surface area contributed by atoms with Crippen LogP contribution in [0.2, 0.25) is 0 Å². The Bertz CT molecular complexity index is 125. The number of ether oxygens (including phenoxy) is 3. The summed E-state index contributed by atoms with van der Waals surface area (Å²) in [6.07, 6.45) is 6.82. The van der Waals surface area contributed by atoms with E-state index in [9.17, 15) is 0 Å². The Morgan fingerprint density at radius 3 is 1.69 bits per heavy atom. The van der Waals surface area contributed by atoms with E-state index in [0.29, 0.717) is 13.2 Å². The Kier molecular flexibility index (Phi) is 10.5. The van der Waals surface area contributed by atoms with E-state index in [2.05, 4.69) is 0 Å². The van der Waals surface area contributed by atoms with Crippen LogP contribution in [0.4, 0.5) is 0 Å². The van der Waals surface area contributed by atoms with Crippen LogP contribution in [0, 0.1) is 0 Å². The molecule has 3 heteroatoms. The van der Waals surface area contributed by atoms with E-state index in [1.807, 2.05) is 26.0 Å². The van der Waals surface area contributed by atoms with Crippen LogP contribution in [0.15, 0.2) is 24.7 Å². The van der Waals surface area contributed by atoms with Crippen LogP contribution >= 0.6 is 0 Å². The molecule has 0 unspecified atom stereocenters. The van der Waals surface area contributed by atoms with Gasteiger partial charge in [0.15, 0.2) is 0 Å². The van der Waals surface area contributed by atoms with Crippen molar-refractivity contribution in [3.63, 3.8) is 0 Å². The predicted octanol–water partition coefficient (Wildman–Crippen LogP) is 2.10. The van der Waals surface area contributed by atoms with E-state index in [4.69, 9.17) is 14.2 Å². The van der Waals surface area contributed by atoms with Gasteiger partial charge in [0, 0.05) is 13.2 Å². The Morgan fingerprint density at radius 1 is 0.846 bits per heavy atom. The summed E-state index contributed by atoms with van der Waals surface area (Å²) in [4.78, 5) is 0. The maximum absolute atomic E-state index is 5.06. The molecule has 0 aliphatic rings. The molecule has 0 fully saturated rings. The van der Waals surface area contributed by atoms with Gasteiger partial charge in [0.1, 0.15) is 0 Å². The number of hydrogen-bond acceptors (Lipinski definition) is 3. The van der Waals surface area contributed by atoms with Crippen molar-refractivity contribution in [1.29, 1.82) is 0 Å². The van der Waals surface area contributed by atoms with Gasteiger partial charge in [0.25, 0.3) is 0 Å². The van der Waals surface area contributed by atoms with Gasteiger partial charge in [0.05, 0.1) is 25.7 Å². The van der Waals surface area contributed by atoms with Crippen LogP contribution in [0.5, 0.6) is 0 Å². The summed E-state index contributed by atoms with van der Waals surface area (Å²) in [5, 5.41) is 0. The van der Waals surface area contributed by atoms with Gasteiger partial charge in [-0.2, -0.15) is 0 Å². The van der Waals surface area contributed by atoms with Crippen molar-refractivity contribution in [2.45, 2.75) is 13.8 Å². The Hall–Kier alpha value is -0.800. The smallest absolute Gasteiger partial charge is 0.0884 e. The van der Waals surface area contributed by atoms with Gasteiger partial charge >= 0.3 is 0 Å². The molecule has 0 aliphatic carbocycles. The third-order valence-electron chi connectivity index (χ3n) is 1.19. The lowest BCUT2D eigenvalue weighted by atomic mass is 10.6. The van der Waals surface area contributed by atoms with Crippen molar-refractivity contribution in [2.75, 3.05) is 26.4 Å². The van der Waals surface area contributed by atoms with E-state index in [0.717, 1.165) is 13.2 Å². The molecule has 0 aromatic rings. The van der Waals surface area contributed by atoms with E-state index < -0.39 is 0 Å². The van der Waals surface area contributed by atoms with Crippen molar-refractivity contribution in [3.05, 3.63) is 24.7 Å². The van der Waals surface area contributed by atoms with Crippen molar-refractivity contribution < 1.29 is 14.2 Å². The highest BCUT2D eigenvalue weighted by molar-refractivity contribution is 4.79. The fourth-order valence-electron chi connectivity index (χ4n) is 0.607. The van der Waals surface area contributed by atoms with Crippen molar-refractivity contribution in [2.24, 2.45) is 0 Å². The van der Waals surface area contributed by atoms with Crippen molar-refractivity contribution in [1.82, 2.24) is 0 Å². The maximum Gasteiger partial charge on any atom is 0.0884 e. The molecule has 0 saturated carbocycles. The molecule has 76 valence electrons. The monoisotopic (exact) mass is 186 g/mol. The molecule has 0 rings (SSSR count). The Balaban J connectivity index is 3.13. The third kappa shape index (κ3) is 11.2. The standard InChI is InChI=1S/C10H18O3/c1-3-11-7-5-9-13-10-6-8-12-4-2/h5-6,9-10H,3-4,7-8H2,1-2H3. The Labute approximate surface area is 80.0 Å². The lowest BCUT2D eigenvalue weighted by Gasteiger charge is -1.94. The van der Waals surface area contributed by atoms with E-state index in [1.165, 1.54) is 0 Å². The summed E-state index contributed by atoms with van der Waals surface area (Å²) in [6, 6.07) is 0. The summed E-state index contributed by atoms with van der Waals surface area (Å²) in [6.45, 7) is 6.55. The third-order valence-corrected chi connectivity index (χ3v) is 1.19. The molecule has 0 radical (unpaired) electrons. The molecule has 0 aromatic heterocycles. The molecule has 0 aromatic carbocycles. The molecule has 0 aliphatic heterocycles. The summed E-state index contributed by atoms with van der Waals surface area (Å²) < 4.78 is 15.1. The van der Waals surface area contributed by atoms with E-state index in [-0.39, 0.29) is 0 Å². The number of rotatable bonds is 8. The van der Waals surface area contributed by atoms with Crippen LogP contribution in [-0.4, -0.2) is 26.4 Å². The van der Waals surface area contributed by atoms with Gasteiger partial charge in [-0.05, 0) is 26.0 Å². The summed E-state index contributed by atoms with van der Waals surface area (Å²) >= 11 is 0. The lowest BCUT2D eigenvalue weighted by molar-refractivity contribution is 0.174. The summed E-state index contributed by atoms with van der Waals surface area (Å²) in [7, 11) is 0. The molecule has 13 heavy (non-hydrogen) atoms. The first-order valence-electron chi connectivity index (χ1n) is 4.52. The lowest BCUT2D eigenvalue weighted by Crippen LogP contribution is -1.89. The fourth-order valence-corrected chi connectivity index (χ4v) is 0.607. The maximum atomic E-state index is 5.06. The molecule has 0 atom stereocenters. The SMILES string of the molecule is CCOCC=COC=CCOCC. The highest BCUT2D eigenvalue weighted by Crippen LogP contribution is 1.83. The first-order chi connectivity index (χ1) is 6.41. The van der Waals surface area contributed by atoms with Crippen LogP contribution < -0.4 is 0 Å². The molecule has 0 saturated heterocycles. The highest BCUT2D eigenvalue weighted by Gasteiger charge is 1.76. The van der Waals surface area contributed by atoms with Gasteiger partial charge in [-0.1, -0.05) is 0 Å². The average molecular weight is 186 g/mol. The average Bonchev–Trinajstić information content (AvgIpc) is 2.16. The van der Waals surface area contributed by atoms with Crippen molar-refractivity contribution in [3.8, 4) is 0 Å². The zero-order valence-electron chi connectivity index (χ0n) is 8.36. The van der Waals surface area contributed by atoms with Gasteiger partial charge in [-0.25, -0.2) is 0 Å². The first kappa shape index (κ1) is 12.2. The fraction of sp³-hybridized carbons (Fsp3) is 0.600. The second-order valence-electron chi connectivity index (χ2n) is 2.20. The minimum atomic E-state index is 0.593. The van der Waals surface area contributed by atoms with Gasteiger partial charge < -0.3 is 14.2 Å². The second kappa shape index (κ2) is 11.2. The van der Waals surface area contributed by atoms with Gasteiger partial charge in [0.2, 0.25) is 0 Å². The minimum absolute atomic E-state index is 0.593. The highest BCUT2D eigenvalue weighted by atomic mass is 16.5. The molecule has 0 spiro atoms. The summed E-state index contributed by atoms with van der Waals surface area (Å²) in [5.74, 6) is 0. The Morgan fingerprint density at radius 2 is 1.31 bits per heavy atom. The molecule has 0 heterocycles. The zero-order chi connectivity index (χ0) is 9.78. The minimum Gasteiger partial charge on any atom is -0.473 e. The zero-order valence-corrected chi connectivity index (χ0v) is 8.36.